The van der Waals surface area contributed by atoms with E-state index in [0.717, 1.165) is 9.87 Å². The van der Waals surface area contributed by atoms with E-state index in [1.165, 1.54) is 32.4 Å². The number of sulfonamides is 1. The van der Waals surface area contributed by atoms with Crippen molar-refractivity contribution in [1.82, 2.24) is 4.31 Å². The van der Waals surface area contributed by atoms with E-state index < -0.39 is 15.9 Å². The highest BCUT2D eigenvalue weighted by Gasteiger charge is 2.28. The van der Waals surface area contributed by atoms with E-state index in [4.69, 9.17) is 18.9 Å². The fourth-order valence-electron chi connectivity index (χ4n) is 3.79. The Balaban J connectivity index is 1.56. The van der Waals surface area contributed by atoms with Crippen molar-refractivity contribution in [1.29, 1.82) is 0 Å². The predicted octanol–water partition coefficient (Wildman–Crippen LogP) is 3.35. The molecule has 4 rings (SSSR count). The maximum atomic E-state index is 13.6. The fraction of sp³-hybridized carbons (Fsp3) is 0.269. The van der Waals surface area contributed by atoms with Gasteiger partial charge in [0, 0.05) is 24.4 Å². The highest BCUT2D eigenvalue weighted by molar-refractivity contribution is 7.89. The number of methoxy groups -OCH3 is 2. The first-order valence-electron chi connectivity index (χ1n) is 11.4. The topological polar surface area (TPSA) is 103 Å². The van der Waals surface area contributed by atoms with Gasteiger partial charge in [0.05, 0.1) is 25.7 Å². The minimum Gasteiger partial charge on any atom is -0.493 e. The molecule has 0 saturated carbocycles. The average molecular weight is 513 g/mol. The third kappa shape index (κ3) is 5.89. The molecule has 190 valence electrons. The highest BCUT2D eigenvalue weighted by atomic mass is 32.2. The van der Waals surface area contributed by atoms with Crippen LogP contribution in [-0.4, -0.2) is 59.2 Å². The van der Waals surface area contributed by atoms with Crippen molar-refractivity contribution in [2.45, 2.75) is 11.3 Å². The first kappa shape index (κ1) is 25.3. The molecular formula is C26H28N2O7S. The fourth-order valence-corrected chi connectivity index (χ4v) is 5.20. The number of carbonyl (C=O) groups is 1. The zero-order valence-corrected chi connectivity index (χ0v) is 20.9. The lowest BCUT2D eigenvalue weighted by molar-refractivity contribution is -0.116. The molecule has 3 aromatic rings. The normalized spacial score (nSPS) is 12.8. The zero-order chi connectivity index (χ0) is 25.5. The van der Waals surface area contributed by atoms with E-state index in [0.29, 0.717) is 42.6 Å². The van der Waals surface area contributed by atoms with Crippen molar-refractivity contribution < 1.29 is 32.2 Å². The molecule has 1 amide bonds. The van der Waals surface area contributed by atoms with Crippen molar-refractivity contribution in [3.05, 3.63) is 72.3 Å². The molecular weight excluding hydrogens is 484 g/mol. The molecule has 0 spiro atoms. The molecule has 0 unspecified atom stereocenters. The molecule has 0 radical (unpaired) electrons. The van der Waals surface area contributed by atoms with Crippen LogP contribution in [0.5, 0.6) is 23.0 Å². The monoisotopic (exact) mass is 512 g/mol. The zero-order valence-electron chi connectivity index (χ0n) is 20.1. The van der Waals surface area contributed by atoms with Gasteiger partial charge in [0.25, 0.3) is 0 Å². The Labute approximate surface area is 210 Å². The lowest BCUT2D eigenvalue weighted by Gasteiger charge is -2.23. The van der Waals surface area contributed by atoms with Crippen LogP contribution in [0.25, 0.3) is 0 Å². The summed E-state index contributed by atoms with van der Waals surface area (Å²) < 4.78 is 50.0. The number of anilines is 1. The Hall–Kier alpha value is -3.76. The molecule has 1 aliphatic heterocycles. The molecule has 10 heteroatoms. The summed E-state index contributed by atoms with van der Waals surface area (Å²) in [4.78, 5) is 13.0. The predicted molar refractivity (Wildman–Crippen MR) is 135 cm³/mol. The molecule has 1 aliphatic rings. The van der Waals surface area contributed by atoms with Gasteiger partial charge < -0.3 is 24.3 Å². The minimum atomic E-state index is -4.04. The number of amides is 1. The minimum absolute atomic E-state index is 0.000316. The smallest absolute Gasteiger partial charge is 0.243 e. The summed E-state index contributed by atoms with van der Waals surface area (Å²) >= 11 is 0. The van der Waals surface area contributed by atoms with Crippen LogP contribution in [0.3, 0.4) is 0 Å². The van der Waals surface area contributed by atoms with Gasteiger partial charge in [-0.1, -0.05) is 30.3 Å². The quantitative estimate of drug-likeness (QED) is 0.444. The molecule has 3 aromatic carbocycles. The summed E-state index contributed by atoms with van der Waals surface area (Å²) in [5, 5.41) is 2.76. The molecule has 36 heavy (non-hydrogen) atoms. The number of hydrogen-bond acceptors (Lipinski definition) is 7. The van der Waals surface area contributed by atoms with Crippen molar-refractivity contribution in [2.75, 3.05) is 45.8 Å². The summed E-state index contributed by atoms with van der Waals surface area (Å²) in [5.74, 6) is 1.33. The van der Waals surface area contributed by atoms with Gasteiger partial charge in [-0.05, 0) is 36.2 Å². The van der Waals surface area contributed by atoms with Gasteiger partial charge in [-0.15, -0.1) is 0 Å². The van der Waals surface area contributed by atoms with E-state index in [9.17, 15) is 13.2 Å². The molecule has 1 heterocycles. The Bertz CT molecular complexity index is 1310. The van der Waals surface area contributed by atoms with Gasteiger partial charge in [-0.25, -0.2) is 8.42 Å². The van der Waals surface area contributed by atoms with Crippen LogP contribution in [0.4, 0.5) is 5.69 Å². The maximum Gasteiger partial charge on any atom is 0.243 e. The molecule has 0 saturated heterocycles. The lowest BCUT2D eigenvalue weighted by Crippen LogP contribution is -2.39. The number of ether oxygens (including phenoxy) is 4. The molecule has 1 N–H and O–H groups in total. The van der Waals surface area contributed by atoms with Crippen LogP contribution in [0.15, 0.2) is 71.6 Å². The second-order valence-electron chi connectivity index (χ2n) is 8.00. The van der Waals surface area contributed by atoms with Crippen molar-refractivity contribution in [3.8, 4) is 23.0 Å². The van der Waals surface area contributed by atoms with E-state index >= 15 is 0 Å². The van der Waals surface area contributed by atoms with Crippen LogP contribution in [0.2, 0.25) is 0 Å². The third-order valence-corrected chi connectivity index (χ3v) is 7.47. The largest absolute Gasteiger partial charge is 0.493 e. The molecule has 0 bridgehead atoms. The van der Waals surface area contributed by atoms with Gasteiger partial charge in [0.15, 0.2) is 23.0 Å². The van der Waals surface area contributed by atoms with Crippen molar-refractivity contribution in [2.24, 2.45) is 0 Å². The Morgan fingerprint density at radius 3 is 2.36 bits per heavy atom. The highest BCUT2D eigenvalue weighted by Crippen LogP contribution is 2.33. The number of carbonyl (C=O) groups excluding carboxylic acids is 1. The molecule has 0 aromatic heterocycles. The Morgan fingerprint density at radius 1 is 0.917 bits per heavy atom. The van der Waals surface area contributed by atoms with Crippen LogP contribution in [0, 0.1) is 0 Å². The molecule has 0 aliphatic carbocycles. The summed E-state index contributed by atoms with van der Waals surface area (Å²) in [6, 6.07) is 18.9. The van der Waals surface area contributed by atoms with Gasteiger partial charge in [0.1, 0.15) is 13.2 Å². The number of fused-ring (bicyclic) bond motifs is 1. The maximum absolute atomic E-state index is 13.6. The summed E-state index contributed by atoms with van der Waals surface area (Å²) in [5.41, 5.74) is 1.44. The van der Waals surface area contributed by atoms with Crippen LogP contribution in [-0.2, 0) is 21.2 Å². The van der Waals surface area contributed by atoms with Crippen LogP contribution < -0.4 is 24.3 Å². The average Bonchev–Trinajstić information content (AvgIpc) is 2.91. The molecule has 0 fully saturated rings. The third-order valence-electron chi connectivity index (χ3n) is 5.63. The lowest BCUT2D eigenvalue weighted by atomic mass is 10.1. The number of hydrogen-bond donors (Lipinski definition) is 1. The Morgan fingerprint density at radius 2 is 1.64 bits per heavy atom. The van der Waals surface area contributed by atoms with Crippen molar-refractivity contribution in [3.63, 3.8) is 0 Å². The summed E-state index contributed by atoms with van der Waals surface area (Å²) in [7, 11) is -1.13. The summed E-state index contributed by atoms with van der Waals surface area (Å²) in [6.45, 7) is 0.609. The van der Waals surface area contributed by atoms with E-state index in [1.54, 1.807) is 18.2 Å². The van der Waals surface area contributed by atoms with E-state index in [-0.39, 0.29) is 23.7 Å². The number of rotatable bonds is 10. The van der Waals surface area contributed by atoms with E-state index in [2.05, 4.69) is 5.32 Å². The SMILES string of the molecule is COc1ccc(S(=O)(=O)N(CCc2ccccc2)CC(=O)Nc2ccc3c(c2)OCCO3)cc1OC. The first-order valence-corrected chi connectivity index (χ1v) is 12.8. The van der Waals surface area contributed by atoms with Crippen LogP contribution in [0.1, 0.15) is 5.56 Å². The van der Waals surface area contributed by atoms with Crippen LogP contribution >= 0.6 is 0 Å². The van der Waals surface area contributed by atoms with E-state index in [1.807, 2.05) is 30.3 Å². The second kappa shape index (κ2) is 11.3. The van der Waals surface area contributed by atoms with Crippen molar-refractivity contribution >= 4 is 21.6 Å². The van der Waals surface area contributed by atoms with Gasteiger partial charge >= 0.3 is 0 Å². The molecule has 9 nitrogen and oxygen atoms in total. The van der Waals surface area contributed by atoms with Gasteiger partial charge in [0.2, 0.25) is 15.9 Å². The number of benzene rings is 3. The number of nitrogens with zero attached hydrogens (tertiary/aromatic N) is 1. The summed E-state index contributed by atoms with van der Waals surface area (Å²) in [6.07, 6.45) is 0.435. The first-order chi connectivity index (χ1) is 17.4. The standard InChI is InChI=1S/C26H28N2O7S/c1-32-22-11-9-21(17-24(22)33-2)36(30,31)28(13-12-19-6-4-3-5-7-19)18-26(29)27-20-8-10-23-25(16-20)35-15-14-34-23/h3-11,16-17H,12-15,18H2,1-2H3,(H,27,29). The Kier molecular flexibility index (Phi) is 7.97. The number of nitrogens with one attached hydrogen (secondary N) is 1. The molecule has 0 atom stereocenters. The second-order valence-corrected chi connectivity index (χ2v) is 9.94. The van der Waals surface area contributed by atoms with Gasteiger partial charge in [-0.2, -0.15) is 4.31 Å². The van der Waals surface area contributed by atoms with Gasteiger partial charge in [-0.3, -0.25) is 4.79 Å².